The van der Waals surface area contributed by atoms with Gasteiger partial charge in [0.1, 0.15) is 18.4 Å². The molecule has 57 heavy (non-hydrogen) atoms. The van der Waals surface area contributed by atoms with Crippen LogP contribution in [0.25, 0.3) is 0 Å². The number of hydrogen-bond acceptors (Lipinski definition) is 15. The van der Waals surface area contributed by atoms with Crippen molar-refractivity contribution in [1.82, 2.24) is 15.1 Å². The second-order valence-electron chi connectivity index (χ2n) is 15.9. The number of nitriles is 1. The van der Waals surface area contributed by atoms with Crippen molar-refractivity contribution in [3.05, 3.63) is 62.7 Å². The van der Waals surface area contributed by atoms with Crippen molar-refractivity contribution < 1.29 is 48.2 Å². The van der Waals surface area contributed by atoms with Gasteiger partial charge in [0.05, 0.1) is 37.6 Å². The number of thioether (sulfide) groups is 1. The SMILES string of the molecule is CCC1Cc2cc(O)c(OC)cc2[C@@]2(CS[C@@H]3c4c(OC(C)=O)c(C)c5c(c4[C@H](COC2=O)N2C3[C@@H]3c4c(cc(C)c(OC)c4O)C[C@H]([C@@H]2C#N)N3C)OCO5)N1. The number of aryl methyl sites for hydroxylation is 1. The van der Waals surface area contributed by atoms with Gasteiger partial charge >= 0.3 is 11.9 Å². The molecular weight excluding hydrogens is 753 g/mol. The summed E-state index contributed by atoms with van der Waals surface area (Å²) in [6.07, 6.45) is 1.76. The Morgan fingerprint density at radius 3 is 2.53 bits per heavy atom. The van der Waals surface area contributed by atoms with E-state index in [9.17, 15) is 20.3 Å². The maximum atomic E-state index is 15.0. The molecule has 300 valence electrons. The second-order valence-corrected chi connectivity index (χ2v) is 17.0. The van der Waals surface area contributed by atoms with Crippen LogP contribution in [-0.2, 0) is 32.7 Å². The van der Waals surface area contributed by atoms with Gasteiger partial charge < -0.3 is 38.6 Å². The van der Waals surface area contributed by atoms with Gasteiger partial charge in [-0.3, -0.25) is 19.9 Å². The van der Waals surface area contributed by atoms with Crippen molar-refractivity contribution in [1.29, 1.82) is 5.26 Å². The molecule has 0 saturated carbocycles. The number of aromatic hydroxyl groups is 2. The number of ether oxygens (including phenoxy) is 6. The Labute approximate surface area is 334 Å². The lowest BCUT2D eigenvalue weighted by atomic mass is 9.71. The quantitative estimate of drug-likeness (QED) is 0.243. The zero-order valence-corrected chi connectivity index (χ0v) is 33.7. The molecule has 3 aromatic rings. The van der Waals surface area contributed by atoms with Crippen molar-refractivity contribution in [2.24, 2.45) is 0 Å². The third kappa shape index (κ3) is 5.26. The molecule has 2 saturated heterocycles. The number of nitrogens with one attached hydrogen (secondary N) is 1. The predicted octanol–water partition coefficient (Wildman–Crippen LogP) is 4.77. The number of hydrogen-bond donors (Lipinski definition) is 3. The average Bonchev–Trinajstić information content (AvgIpc) is 3.68. The number of nitrogens with zero attached hydrogens (tertiary/aromatic N) is 3. The van der Waals surface area contributed by atoms with E-state index in [-0.39, 0.29) is 48.5 Å². The van der Waals surface area contributed by atoms with E-state index >= 15 is 4.79 Å². The van der Waals surface area contributed by atoms with E-state index in [1.54, 1.807) is 12.1 Å². The van der Waals surface area contributed by atoms with Gasteiger partial charge in [-0.15, -0.1) is 11.8 Å². The second kappa shape index (κ2) is 13.6. The number of phenols is 2. The summed E-state index contributed by atoms with van der Waals surface area (Å²) in [6.45, 7) is 6.90. The van der Waals surface area contributed by atoms with E-state index in [0.717, 1.165) is 16.7 Å². The molecule has 0 aliphatic carbocycles. The standard InChI is InChI=1S/C42H46N4O10S/c1-8-23-10-21-12-28(48)29(51-6)13-24(21)42(44-23)16-57-40-32-31(39-38(54-17-55-39)19(3)37(32)56-20(4)47)27(15-53-41(42)50)46-26(14-43)25-11-22-9-18(2)36(52-7)35(49)30(22)33(34(40)46)45(25)5/h9,12-13,23,25-27,33-34,40,44,48-49H,8,10-11,15-17H2,1-7H3/t23?,25-,26+,27+,33+,34?,40-,42-/m1/s1. The highest BCUT2D eigenvalue weighted by molar-refractivity contribution is 7.99. The third-order valence-electron chi connectivity index (χ3n) is 13.0. The van der Waals surface area contributed by atoms with Gasteiger partial charge in [-0.2, -0.15) is 5.26 Å². The highest BCUT2D eigenvalue weighted by atomic mass is 32.2. The number of likely N-dealkylation sites (N-methyl/N-ethyl adjacent to an activating group) is 1. The van der Waals surface area contributed by atoms with Crippen molar-refractivity contribution in [3.8, 4) is 46.3 Å². The molecule has 3 aromatic carbocycles. The van der Waals surface area contributed by atoms with Gasteiger partial charge in [-0.25, -0.2) is 4.79 Å². The lowest BCUT2D eigenvalue weighted by Crippen LogP contribution is -2.69. The summed E-state index contributed by atoms with van der Waals surface area (Å²) >= 11 is 1.49. The van der Waals surface area contributed by atoms with Crippen molar-refractivity contribution in [2.45, 2.75) is 94.0 Å². The number of carbonyl (C=O) groups is 2. The van der Waals surface area contributed by atoms with Crippen LogP contribution in [0.5, 0.6) is 40.2 Å². The van der Waals surface area contributed by atoms with E-state index in [0.29, 0.717) is 70.1 Å². The number of carbonyl (C=O) groups excluding carboxylic acids is 2. The molecule has 2 unspecified atom stereocenters. The third-order valence-corrected chi connectivity index (χ3v) is 14.5. The molecular formula is C42H46N4O10S. The highest BCUT2D eigenvalue weighted by Crippen LogP contribution is 2.64. The Kier molecular flexibility index (Phi) is 9.00. The van der Waals surface area contributed by atoms with E-state index < -0.39 is 46.9 Å². The maximum Gasteiger partial charge on any atom is 0.331 e. The molecule has 1 spiro atoms. The van der Waals surface area contributed by atoms with Gasteiger partial charge in [-0.1, -0.05) is 13.0 Å². The van der Waals surface area contributed by atoms with Crippen LogP contribution in [0.4, 0.5) is 0 Å². The molecule has 14 nitrogen and oxygen atoms in total. The predicted molar refractivity (Wildman–Crippen MR) is 207 cm³/mol. The maximum absolute atomic E-state index is 15.0. The highest BCUT2D eigenvalue weighted by Gasteiger charge is 2.62. The Bertz CT molecular complexity index is 2280. The normalized spacial score (nSPS) is 29.6. The molecule has 8 atom stereocenters. The molecule has 3 N–H and O–H groups in total. The number of methoxy groups -OCH3 is 2. The zero-order chi connectivity index (χ0) is 40.2. The lowest BCUT2D eigenvalue weighted by Gasteiger charge is -2.62. The molecule has 7 heterocycles. The molecule has 7 aliphatic heterocycles. The average molecular weight is 799 g/mol. The molecule has 7 aliphatic rings. The van der Waals surface area contributed by atoms with E-state index in [1.165, 1.54) is 32.9 Å². The fraction of sp³-hybridized carbons (Fsp3) is 0.500. The Balaban J connectivity index is 1.34. The van der Waals surface area contributed by atoms with Gasteiger partial charge in [0, 0.05) is 53.1 Å². The van der Waals surface area contributed by atoms with Crippen molar-refractivity contribution in [3.63, 3.8) is 0 Å². The minimum Gasteiger partial charge on any atom is -0.504 e. The number of benzene rings is 3. The first-order valence-corrected chi connectivity index (χ1v) is 20.3. The summed E-state index contributed by atoms with van der Waals surface area (Å²) in [4.78, 5) is 32.4. The van der Waals surface area contributed by atoms with Crippen LogP contribution in [0, 0.1) is 25.2 Å². The summed E-state index contributed by atoms with van der Waals surface area (Å²) < 4.78 is 36.3. The van der Waals surface area contributed by atoms with Crippen LogP contribution in [0.1, 0.15) is 82.1 Å². The topological polar surface area (TPSA) is 172 Å². The van der Waals surface area contributed by atoms with E-state index in [4.69, 9.17) is 28.4 Å². The van der Waals surface area contributed by atoms with Crippen LogP contribution in [0.15, 0.2) is 18.2 Å². The molecule has 0 aromatic heterocycles. The fourth-order valence-electron chi connectivity index (χ4n) is 10.6. The lowest BCUT2D eigenvalue weighted by molar-refractivity contribution is -0.157. The van der Waals surface area contributed by atoms with E-state index in [2.05, 4.69) is 21.2 Å². The van der Waals surface area contributed by atoms with E-state index in [1.807, 2.05) is 33.9 Å². The zero-order valence-electron chi connectivity index (χ0n) is 32.9. The van der Waals surface area contributed by atoms with Gasteiger partial charge in [0.2, 0.25) is 6.79 Å². The summed E-state index contributed by atoms with van der Waals surface area (Å²) in [5.74, 6) is 0.989. The number of phenolic OH excluding ortho intramolecular Hbond substituents is 2. The minimum absolute atomic E-state index is 0.0194. The summed E-state index contributed by atoms with van der Waals surface area (Å²) in [7, 11) is 5.00. The minimum atomic E-state index is -1.39. The van der Waals surface area contributed by atoms with Crippen molar-refractivity contribution >= 4 is 23.7 Å². The number of esters is 2. The summed E-state index contributed by atoms with van der Waals surface area (Å²) in [5, 5.41) is 37.3. The van der Waals surface area contributed by atoms with Crippen LogP contribution in [0.3, 0.4) is 0 Å². The molecule has 2 fully saturated rings. The first-order chi connectivity index (χ1) is 27.4. The molecule has 15 heteroatoms. The van der Waals surface area contributed by atoms with Gasteiger partial charge in [0.15, 0.2) is 40.0 Å². The molecule has 0 amide bonds. The first kappa shape index (κ1) is 37.7. The smallest absolute Gasteiger partial charge is 0.331 e. The summed E-state index contributed by atoms with van der Waals surface area (Å²) in [6, 6.07) is 5.19. The number of fused-ring (bicyclic) bond motifs is 9. The van der Waals surface area contributed by atoms with Crippen LogP contribution < -0.4 is 29.0 Å². The molecule has 0 radical (unpaired) electrons. The largest absolute Gasteiger partial charge is 0.504 e. The summed E-state index contributed by atoms with van der Waals surface area (Å²) in [5.41, 5.74) is 4.42. The molecule has 4 bridgehead atoms. The fourth-order valence-corrected chi connectivity index (χ4v) is 12.3. The van der Waals surface area contributed by atoms with Crippen LogP contribution >= 0.6 is 11.8 Å². The number of rotatable bonds is 4. The molecule has 10 rings (SSSR count). The Morgan fingerprint density at radius 2 is 1.82 bits per heavy atom. The first-order valence-electron chi connectivity index (χ1n) is 19.3. The van der Waals surface area contributed by atoms with Gasteiger partial charge in [0.25, 0.3) is 0 Å². The Morgan fingerprint density at radius 1 is 1.05 bits per heavy atom. The van der Waals surface area contributed by atoms with Crippen LogP contribution in [0.2, 0.25) is 0 Å². The van der Waals surface area contributed by atoms with Gasteiger partial charge in [-0.05, 0) is 74.5 Å². The number of piperazine rings is 1. The van der Waals surface area contributed by atoms with Crippen molar-refractivity contribution in [2.75, 3.05) is 40.4 Å². The van der Waals surface area contributed by atoms with Crippen LogP contribution in [-0.4, -0.2) is 96.5 Å². The Hall–Kier alpha value is -4.88. The monoisotopic (exact) mass is 798 g/mol.